The predicted octanol–water partition coefficient (Wildman–Crippen LogP) is 1.65. The smallest absolute Gasteiger partial charge is 0.109 e. The first-order valence-corrected chi connectivity index (χ1v) is 5.92. The molecule has 1 saturated heterocycles. The fraction of sp³-hybridized carbons (Fsp3) is 0.917. The molecule has 0 amide bonds. The van der Waals surface area contributed by atoms with E-state index < -0.39 is 0 Å². The molecule has 15 heavy (non-hydrogen) atoms. The van der Waals surface area contributed by atoms with E-state index in [-0.39, 0.29) is 5.54 Å². The minimum atomic E-state index is -0.154. The van der Waals surface area contributed by atoms with E-state index in [1.54, 1.807) is 0 Å². The van der Waals surface area contributed by atoms with Crippen molar-refractivity contribution < 1.29 is 4.74 Å². The zero-order valence-electron chi connectivity index (χ0n) is 9.70. The Bertz CT molecular complexity index is 257. The lowest BCUT2D eigenvalue weighted by Gasteiger charge is -2.52. The highest BCUT2D eigenvalue weighted by Crippen LogP contribution is 2.45. The number of rotatable bonds is 2. The van der Waals surface area contributed by atoms with Gasteiger partial charge in [0, 0.05) is 13.1 Å². The second kappa shape index (κ2) is 4.11. The van der Waals surface area contributed by atoms with E-state index >= 15 is 0 Å². The zero-order chi connectivity index (χ0) is 10.9. The Kier molecular flexibility index (Phi) is 2.99. The van der Waals surface area contributed by atoms with Gasteiger partial charge in [0.25, 0.3) is 0 Å². The molecule has 0 aromatic carbocycles. The predicted molar refractivity (Wildman–Crippen MR) is 58.3 cm³/mol. The molecule has 0 bridgehead atoms. The maximum Gasteiger partial charge on any atom is 0.109 e. The lowest BCUT2D eigenvalue weighted by molar-refractivity contribution is -0.0581. The minimum Gasteiger partial charge on any atom is -0.379 e. The summed E-state index contributed by atoms with van der Waals surface area (Å²) >= 11 is 0. The first-order valence-electron chi connectivity index (χ1n) is 5.92. The van der Waals surface area contributed by atoms with Crippen LogP contribution >= 0.6 is 0 Å². The van der Waals surface area contributed by atoms with Crippen molar-refractivity contribution >= 4 is 0 Å². The van der Waals surface area contributed by atoms with Crippen LogP contribution in [0.25, 0.3) is 0 Å². The monoisotopic (exact) mass is 208 g/mol. The third-order valence-corrected chi connectivity index (χ3v) is 3.97. The van der Waals surface area contributed by atoms with Crippen LogP contribution in [0.1, 0.15) is 26.7 Å². The van der Waals surface area contributed by atoms with E-state index in [0.717, 1.165) is 45.1 Å². The summed E-state index contributed by atoms with van der Waals surface area (Å²) in [6, 6.07) is 2.54. The quantitative estimate of drug-likeness (QED) is 0.692. The summed E-state index contributed by atoms with van der Waals surface area (Å²) in [5.74, 6) is 1.46. The highest BCUT2D eigenvalue weighted by Gasteiger charge is 2.49. The standard InChI is InChI=1S/C12H20N2O/c1-10(2)11-7-12(8-11,9-13)14-3-5-15-6-4-14/h10-11H,3-8H2,1-2H3. The van der Waals surface area contributed by atoms with Crippen LogP contribution in [0.2, 0.25) is 0 Å². The molecule has 3 nitrogen and oxygen atoms in total. The molecule has 1 saturated carbocycles. The molecule has 0 unspecified atom stereocenters. The molecule has 0 spiro atoms. The van der Waals surface area contributed by atoms with Gasteiger partial charge in [-0.3, -0.25) is 4.90 Å². The van der Waals surface area contributed by atoms with Gasteiger partial charge in [0.2, 0.25) is 0 Å². The average Bonchev–Trinajstić information content (AvgIpc) is 2.18. The normalized spacial score (nSPS) is 37.3. The van der Waals surface area contributed by atoms with Gasteiger partial charge in [-0.15, -0.1) is 0 Å². The Morgan fingerprint density at radius 1 is 1.33 bits per heavy atom. The summed E-state index contributed by atoms with van der Waals surface area (Å²) in [6.07, 6.45) is 2.11. The Morgan fingerprint density at radius 3 is 2.40 bits per heavy atom. The van der Waals surface area contributed by atoms with E-state index in [1.165, 1.54) is 0 Å². The summed E-state index contributed by atoms with van der Waals surface area (Å²) in [5.41, 5.74) is -0.154. The number of nitriles is 1. The molecule has 1 aliphatic heterocycles. The molecule has 0 aromatic rings. The lowest BCUT2D eigenvalue weighted by atomic mass is 9.64. The molecular formula is C12H20N2O. The Balaban J connectivity index is 1.97. The summed E-state index contributed by atoms with van der Waals surface area (Å²) < 4.78 is 5.33. The number of hydrogen-bond acceptors (Lipinski definition) is 3. The topological polar surface area (TPSA) is 36.3 Å². The molecular weight excluding hydrogens is 188 g/mol. The number of morpholine rings is 1. The molecule has 2 aliphatic rings. The van der Waals surface area contributed by atoms with E-state index in [9.17, 15) is 5.26 Å². The van der Waals surface area contributed by atoms with Gasteiger partial charge in [0.1, 0.15) is 5.54 Å². The minimum absolute atomic E-state index is 0.154. The number of ether oxygens (including phenoxy) is 1. The summed E-state index contributed by atoms with van der Waals surface area (Å²) in [4.78, 5) is 2.33. The van der Waals surface area contributed by atoms with Gasteiger partial charge in [-0.05, 0) is 24.7 Å². The Labute approximate surface area is 92.0 Å². The average molecular weight is 208 g/mol. The fourth-order valence-corrected chi connectivity index (χ4v) is 2.69. The van der Waals surface area contributed by atoms with Gasteiger partial charge in [-0.2, -0.15) is 5.26 Å². The van der Waals surface area contributed by atoms with Crippen LogP contribution in [0.3, 0.4) is 0 Å². The molecule has 0 N–H and O–H groups in total. The Hall–Kier alpha value is -0.590. The van der Waals surface area contributed by atoms with E-state index in [0.29, 0.717) is 5.92 Å². The van der Waals surface area contributed by atoms with Crippen molar-refractivity contribution in [2.45, 2.75) is 32.2 Å². The van der Waals surface area contributed by atoms with Crippen molar-refractivity contribution in [3.8, 4) is 6.07 Å². The van der Waals surface area contributed by atoms with Crippen molar-refractivity contribution in [1.29, 1.82) is 5.26 Å². The van der Waals surface area contributed by atoms with Crippen molar-refractivity contribution in [1.82, 2.24) is 4.90 Å². The van der Waals surface area contributed by atoms with E-state index in [2.05, 4.69) is 24.8 Å². The van der Waals surface area contributed by atoms with Crippen molar-refractivity contribution in [3.05, 3.63) is 0 Å². The molecule has 0 atom stereocenters. The van der Waals surface area contributed by atoms with Gasteiger partial charge in [0.15, 0.2) is 0 Å². The van der Waals surface area contributed by atoms with Crippen LogP contribution < -0.4 is 0 Å². The molecule has 0 radical (unpaired) electrons. The third kappa shape index (κ3) is 1.89. The maximum atomic E-state index is 9.36. The summed E-state index contributed by atoms with van der Waals surface area (Å²) in [5, 5.41) is 9.36. The van der Waals surface area contributed by atoms with Crippen LogP contribution in [-0.2, 0) is 4.74 Å². The van der Waals surface area contributed by atoms with E-state index in [4.69, 9.17) is 4.74 Å². The lowest BCUT2D eigenvalue weighted by Crippen LogP contribution is -2.60. The van der Waals surface area contributed by atoms with Crippen LogP contribution in [-0.4, -0.2) is 36.7 Å². The van der Waals surface area contributed by atoms with E-state index in [1.807, 2.05) is 0 Å². The molecule has 2 fully saturated rings. The molecule has 84 valence electrons. The highest BCUT2D eigenvalue weighted by atomic mass is 16.5. The zero-order valence-corrected chi connectivity index (χ0v) is 9.70. The number of hydrogen-bond donors (Lipinski definition) is 0. The molecule has 0 aromatic heterocycles. The van der Waals surface area contributed by atoms with Gasteiger partial charge in [0.05, 0.1) is 19.3 Å². The van der Waals surface area contributed by atoms with Crippen molar-refractivity contribution in [2.75, 3.05) is 26.3 Å². The first kappa shape index (κ1) is 10.9. The molecule has 1 heterocycles. The summed E-state index contributed by atoms with van der Waals surface area (Å²) in [7, 11) is 0. The highest BCUT2D eigenvalue weighted by molar-refractivity contribution is 5.17. The SMILES string of the molecule is CC(C)C1CC(C#N)(N2CCOCC2)C1. The van der Waals surface area contributed by atoms with Gasteiger partial charge < -0.3 is 4.74 Å². The van der Waals surface area contributed by atoms with Crippen LogP contribution in [0.4, 0.5) is 0 Å². The van der Waals surface area contributed by atoms with Crippen molar-refractivity contribution in [2.24, 2.45) is 11.8 Å². The third-order valence-electron chi connectivity index (χ3n) is 3.97. The van der Waals surface area contributed by atoms with Crippen LogP contribution in [0, 0.1) is 23.2 Å². The fourth-order valence-electron chi connectivity index (χ4n) is 2.69. The van der Waals surface area contributed by atoms with Crippen LogP contribution in [0.5, 0.6) is 0 Å². The molecule has 3 heteroatoms. The Morgan fingerprint density at radius 2 is 1.93 bits per heavy atom. The van der Waals surface area contributed by atoms with Gasteiger partial charge in [-0.25, -0.2) is 0 Å². The van der Waals surface area contributed by atoms with Gasteiger partial charge >= 0.3 is 0 Å². The largest absolute Gasteiger partial charge is 0.379 e. The van der Waals surface area contributed by atoms with Crippen LogP contribution in [0.15, 0.2) is 0 Å². The molecule has 2 rings (SSSR count). The second-order valence-corrected chi connectivity index (χ2v) is 5.16. The summed E-state index contributed by atoms with van der Waals surface area (Å²) in [6.45, 7) is 7.94. The molecule has 1 aliphatic carbocycles. The number of nitrogens with zero attached hydrogens (tertiary/aromatic N) is 2. The maximum absolute atomic E-state index is 9.36. The second-order valence-electron chi connectivity index (χ2n) is 5.16. The van der Waals surface area contributed by atoms with Crippen molar-refractivity contribution in [3.63, 3.8) is 0 Å². The first-order chi connectivity index (χ1) is 7.18. The van der Waals surface area contributed by atoms with Gasteiger partial charge in [-0.1, -0.05) is 13.8 Å².